The summed E-state index contributed by atoms with van der Waals surface area (Å²) in [5.41, 5.74) is 2.88. The molecule has 2 heterocycles. The number of rotatable bonds is 7. The second-order valence-corrected chi connectivity index (χ2v) is 6.49. The summed E-state index contributed by atoms with van der Waals surface area (Å²) >= 11 is 6.03. The molecule has 0 atom stereocenters. The Kier molecular flexibility index (Phi) is 5.79. The summed E-state index contributed by atoms with van der Waals surface area (Å²) in [7, 11) is 0. The lowest BCUT2D eigenvalue weighted by atomic mass is 10.1. The Labute approximate surface area is 172 Å². The summed E-state index contributed by atoms with van der Waals surface area (Å²) in [6.07, 6.45) is 1.64. The third kappa shape index (κ3) is 4.42. The summed E-state index contributed by atoms with van der Waals surface area (Å²) in [4.78, 5) is 8.79. The Morgan fingerprint density at radius 3 is 2.55 bits per heavy atom. The Balaban J connectivity index is 1.75. The Bertz CT molecular complexity index is 1080. The maximum atomic E-state index is 6.03. The van der Waals surface area contributed by atoms with Crippen LogP contribution in [0.15, 0.2) is 66.9 Å². The third-order valence-electron chi connectivity index (χ3n) is 4.10. The fourth-order valence-corrected chi connectivity index (χ4v) is 2.88. The topological polar surface area (TPSA) is 75.0 Å². The molecule has 0 amide bonds. The number of para-hydroxylation sites is 1. The highest BCUT2D eigenvalue weighted by molar-refractivity contribution is 6.30. The van der Waals surface area contributed by atoms with Crippen LogP contribution >= 0.6 is 11.6 Å². The predicted molar refractivity (Wildman–Crippen MR) is 110 cm³/mol. The molecule has 0 aliphatic heterocycles. The van der Waals surface area contributed by atoms with E-state index < -0.39 is 0 Å². The second-order valence-electron chi connectivity index (χ2n) is 6.05. The maximum absolute atomic E-state index is 6.03. The van der Waals surface area contributed by atoms with Crippen LogP contribution in [0.4, 0.5) is 0 Å². The largest absolute Gasteiger partial charge is 0.424 e. The van der Waals surface area contributed by atoms with Crippen molar-refractivity contribution in [1.29, 1.82) is 0 Å². The highest BCUT2D eigenvalue weighted by Crippen LogP contribution is 2.31. The van der Waals surface area contributed by atoms with Gasteiger partial charge in [-0.3, -0.25) is 0 Å². The normalized spacial score (nSPS) is 10.8. The van der Waals surface area contributed by atoms with Crippen molar-refractivity contribution in [3.8, 4) is 34.4 Å². The number of ether oxygens (including phenoxy) is 2. The first kappa shape index (κ1) is 19.0. The van der Waals surface area contributed by atoms with E-state index in [1.165, 1.54) is 0 Å². The van der Waals surface area contributed by atoms with Crippen LogP contribution in [0.5, 0.6) is 11.8 Å². The average molecular weight is 408 g/mol. The van der Waals surface area contributed by atoms with Crippen molar-refractivity contribution < 1.29 is 9.47 Å². The van der Waals surface area contributed by atoms with E-state index in [4.69, 9.17) is 21.1 Å². The second kappa shape index (κ2) is 8.81. The maximum Gasteiger partial charge on any atom is 0.322 e. The predicted octanol–water partition coefficient (Wildman–Crippen LogP) is 4.84. The van der Waals surface area contributed by atoms with E-state index in [0.29, 0.717) is 34.5 Å². The van der Waals surface area contributed by atoms with Crippen molar-refractivity contribution in [1.82, 2.24) is 25.0 Å². The van der Waals surface area contributed by atoms with E-state index >= 15 is 0 Å². The average Bonchev–Trinajstić information content (AvgIpc) is 3.17. The third-order valence-corrected chi connectivity index (χ3v) is 4.35. The van der Waals surface area contributed by atoms with Crippen molar-refractivity contribution in [2.45, 2.75) is 13.7 Å². The molecule has 0 fully saturated rings. The van der Waals surface area contributed by atoms with Gasteiger partial charge in [-0.15, -0.1) is 5.10 Å². The fraction of sp³-hybridized carbons (Fsp3) is 0.143. The van der Waals surface area contributed by atoms with E-state index in [-0.39, 0.29) is 12.7 Å². The van der Waals surface area contributed by atoms with Crippen LogP contribution in [0, 0.1) is 0 Å². The number of halogens is 1. The summed E-state index contributed by atoms with van der Waals surface area (Å²) in [5.74, 6) is 0.656. The molecule has 0 spiro atoms. The standard InChI is InChI=1S/C21H18ClN5O2/c1-2-28-14-27-20(19(25-26-27)15-8-10-16(22)11-9-15)18-12-13-23-21(24-18)29-17-6-4-3-5-7-17/h3-13H,2,14H2,1H3. The van der Waals surface area contributed by atoms with E-state index in [2.05, 4.69) is 20.3 Å². The van der Waals surface area contributed by atoms with Crippen LogP contribution in [0.1, 0.15) is 6.92 Å². The molecule has 146 valence electrons. The molecule has 2 aromatic heterocycles. The van der Waals surface area contributed by atoms with Crippen molar-refractivity contribution in [2.75, 3.05) is 6.61 Å². The molecule has 0 bridgehead atoms. The van der Waals surface area contributed by atoms with Gasteiger partial charge in [-0.25, -0.2) is 9.67 Å². The molecular formula is C21H18ClN5O2. The van der Waals surface area contributed by atoms with Gasteiger partial charge in [0, 0.05) is 23.4 Å². The van der Waals surface area contributed by atoms with Crippen LogP contribution in [-0.4, -0.2) is 31.6 Å². The van der Waals surface area contributed by atoms with Gasteiger partial charge in [-0.05, 0) is 37.3 Å². The summed E-state index contributed by atoms with van der Waals surface area (Å²) in [6.45, 7) is 2.74. The first-order valence-electron chi connectivity index (χ1n) is 9.08. The van der Waals surface area contributed by atoms with E-state index in [1.54, 1.807) is 16.9 Å². The number of hydrogen-bond donors (Lipinski definition) is 0. The molecule has 29 heavy (non-hydrogen) atoms. The Morgan fingerprint density at radius 1 is 1.00 bits per heavy atom. The first-order chi connectivity index (χ1) is 14.2. The molecule has 0 unspecified atom stereocenters. The molecule has 0 radical (unpaired) electrons. The van der Waals surface area contributed by atoms with Crippen molar-refractivity contribution in [3.05, 3.63) is 71.9 Å². The molecule has 0 aliphatic carbocycles. The molecule has 0 saturated heterocycles. The van der Waals surface area contributed by atoms with Gasteiger partial charge in [0.25, 0.3) is 0 Å². The van der Waals surface area contributed by atoms with Gasteiger partial charge in [-0.2, -0.15) is 4.98 Å². The molecule has 0 saturated carbocycles. The van der Waals surface area contributed by atoms with Crippen molar-refractivity contribution in [2.24, 2.45) is 0 Å². The van der Waals surface area contributed by atoms with Crippen LogP contribution in [0.3, 0.4) is 0 Å². The van der Waals surface area contributed by atoms with Gasteiger partial charge in [-0.1, -0.05) is 47.1 Å². The number of aromatic nitrogens is 5. The van der Waals surface area contributed by atoms with Crippen LogP contribution in [0.2, 0.25) is 5.02 Å². The van der Waals surface area contributed by atoms with Crippen molar-refractivity contribution >= 4 is 11.6 Å². The van der Waals surface area contributed by atoms with Gasteiger partial charge in [0.15, 0.2) is 0 Å². The minimum absolute atomic E-state index is 0.236. The van der Waals surface area contributed by atoms with Crippen LogP contribution < -0.4 is 4.74 Å². The lowest BCUT2D eigenvalue weighted by molar-refractivity contribution is 0.0790. The SMILES string of the molecule is CCOCn1nnc(-c2ccc(Cl)cc2)c1-c1ccnc(Oc2ccccc2)n1. The lowest BCUT2D eigenvalue weighted by Crippen LogP contribution is -2.07. The lowest BCUT2D eigenvalue weighted by Gasteiger charge is -2.09. The minimum atomic E-state index is 0.236. The molecule has 0 aliphatic rings. The fourth-order valence-electron chi connectivity index (χ4n) is 2.75. The zero-order valence-corrected chi connectivity index (χ0v) is 16.5. The number of hydrogen-bond acceptors (Lipinski definition) is 6. The van der Waals surface area contributed by atoms with Gasteiger partial charge >= 0.3 is 6.01 Å². The Hall–Kier alpha value is -3.29. The number of nitrogens with zero attached hydrogens (tertiary/aromatic N) is 5. The number of benzene rings is 2. The smallest absolute Gasteiger partial charge is 0.322 e. The monoisotopic (exact) mass is 407 g/mol. The summed E-state index contributed by atoms with van der Waals surface area (Å²) < 4.78 is 13.0. The first-order valence-corrected chi connectivity index (χ1v) is 9.46. The highest BCUT2D eigenvalue weighted by atomic mass is 35.5. The zero-order valence-electron chi connectivity index (χ0n) is 15.7. The quantitative estimate of drug-likeness (QED) is 0.436. The molecule has 4 aromatic rings. The van der Waals surface area contributed by atoms with E-state index in [9.17, 15) is 0 Å². The molecule has 2 aromatic carbocycles. The van der Waals surface area contributed by atoms with Gasteiger partial charge in [0.2, 0.25) is 0 Å². The van der Waals surface area contributed by atoms with Crippen LogP contribution in [0.25, 0.3) is 22.6 Å². The highest BCUT2D eigenvalue weighted by Gasteiger charge is 2.19. The minimum Gasteiger partial charge on any atom is -0.424 e. The Morgan fingerprint density at radius 2 is 1.79 bits per heavy atom. The zero-order chi connectivity index (χ0) is 20.1. The molecule has 0 N–H and O–H groups in total. The van der Waals surface area contributed by atoms with Crippen molar-refractivity contribution in [3.63, 3.8) is 0 Å². The van der Waals surface area contributed by atoms with Gasteiger partial charge in [0.05, 0.1) is 5.69 Å². The summed E-state index contributed by atoms with van der Waals surface area (Å²) in [5, 5.41) is 9.25. The van der Waals surface area contributed by atoms with Crippen LogP contribution in [-0.2, 0) is 11.5 Å². The summed E-state index contributed by atoms with van der Waals surface area (Å²) in [6, 6.07) is 18.8. The molecule has 7 nitrogen and oxygen atoms in total. The molecule has 4 rings (SSSR count). The molecule has 8 heteroatoms. The van der Waals surface area contributed by atoms with Gasteiger partial charge < -0.3 is 9.47 Å². The van der Waals surface area contributed by atoms with E-state index in [0.717, 1.165) is 5.56 Å². The molecular weight excluding hydrogens is 390 g/mol. The van der Waals surface area contributed by atoms with Gasteiger partial charge in [0.1, 0.15) is 23.9 Å². The van der Waals surface area contributed by atoms with E-state index in [1.807, 2.05) is 61.5 Å².